The van der Waals surface area contributed by atoms with Gasteiger partial charge in [0.15, 0.2) is 9.37 Å². The minimum absolute atomic E-state index is 0.126. The second-order valence-electron chi connectivity index (χ2n) is 3.39. The normalized spacial score (nSPS) is 10.4. The molecule has 7 nitrogen and oxygen atoms in total. The molecule has 0 radical (unpaired) electrons. The van der Waals surface area contributed by atoms with E-state index in [0.29, 0.717) is 10.0 Å². The zero-order valence-electron chi connectivity index (χ0n) is 9.56. The summed E-state index contributed by atoms with van der Waals surface area (Å²) in [6.45, 7) is 1.58. The van der Waals surface area contributed by atoms with E-state index in [0.717, 1.165) is 23.1 Å². The van der Waals surface area contributed by atoms with E-state index in [1.807, 2.05) is 0 Å². The average molecular weight is 297 g/mol. The van der Waals surface area contributed by atoms with Crippen LogP contribution < -0.4 is 0 Å². The summed E-state index contributed by atoms with van der Waals surface area (Å²) in [5, 5.41) is 20.0. The lowest BCUT2D eigenvalue weighted by Crippen LogP contribution is -1.94. The van der Waals surface area contributed by atoms with Gasteiger partial charge in [0.05, 0.1) is 10.6 Å². The molecule has 0 amide bonds. The van der Waals surface area contributed by atoms with Crippen molar-refractivity contribution in [3.8, 4) is 0 Å². The molecule has 9 heteroatoms. The monoisotopic (exact) mass is 297 g/mol. The molecule has 0 aliphatic carbocycles. The summed E-state index contributed by atoms with van der Waals surface area (Å²) in [7, 11) is 0. The van der Waals surface area contributed by atoms with Crippen LogP contribution in [0.3, 0.4) is 0 Å². The maximum absolute atomic E-state index is 10.9. The van der Waals surface area contributed by atoms with E-state index in [4.69, 9.17) is 5.11 Å². The first-order valence-electron chi connectivity index (χ1n) is 4.97. The Morgan fingerprint density at radius 2 is 2.32 bits per heavy atom. The number of nitrogens with zero attached hydrogens (tertiary/aromatic N) is 3. The molecule has 0 aliphatic heterocycles. The van der Waals surface area contributed by atoms with E-state index in [9.17, 15) is 14.9 Å². The fourth-order valence-corrected chi connectivity index (χ4v) is 3.30. The molecule has 0 fully saturated rings. The van der Waals surface area contributed by atoms with Crippen LogP contribution in [0.25, 0.3) is 0 Å². The van der Waals surface area contributed by atoms with Gasteiger partial charge in [0.1, 0.15) is 4.88 Å². The van der Waals surface area contributed by atoms with Crippen molar-refractivity contribution >= 4 is 34.8 Å². The van der Waals surface area contributed by atoms with Crippen molar-refractivity contribution in [3.05, 3.63) is 39.0 Å². The second kappa shape index (κ2) is 5.33. The second-order valence-corrected chi connectivity index (χ2v) is 5.62. The van der Waals surface area contributed by atoms with Gasteiger partial charge in [0.2, 0.25) is 0 Å². The summed E-state index contributed by atoms with van der Waals surface area (Å²) in [4.78, 5) is 29.3. The maximum atomic E-state index is 10.9. The molecule has 1 N–H and O–H groups in total. The summed E-state index contributed by atoms with van der Waals surface area (Å²) in [5.74, 6) is -1.06. The first-order valence-corrected chi connectivity index (χ1v) is 6.60. The van der Waals surface area contributed by atoms with Gasteiger partial charge >= 0.3 is 11.7 Å². The summed E-state index contributed by atoms with van der Waals surface area (Å²) < 4.78 is 0.414. The van der Waals surface area contributed by atoms with Gasteiger partial charge < -0.3 is 5.11 Å². The van der Waals surface area contributed by atoms with E-state index in [-0.39, 0.29) is 15.6 Å². The lowest BCUT2D eigenvalue weighted by atomic mass is 10.4. The molecule has 0 bridgehead atoms. The molecule has 0 atom stereocenters. The largest absolute Gasteiger partial charge is 0.477 e. The number of pyridine rings is 1. The van der Waals surface area contributed by atoms with Crippen LogP contribution in [0.5, 0.6) is 0 Å². The smallest absolute Gasteiger partial charge is 0.347 e. The Morgan fingerprint density at radius 1 is 1.58 bits per heavy atom. The van der Waals surface area contributed by atoms with Crippen LogP contribution in [0, 0.1) is 17.0 Å². The zero-order chi connectivity index (χ0) is 14.0. The van der Waals surface area contributed by atoms with Crippen LogP contribution in [-0.4, -0.2) is 26.0 Å². The summed E-state index contributed by atoms with van der Waals surface area (Å²) in [6.07, 6.45) is 1.44. The third-order valence-electron chi connectivity index (χ3n) is 2.10. The fourth-order valence-electron chi connectivity index (χ4n) is 1.30. The lowest BCUT2D eigenvalue weighted by Gasteiger charge is -1.97. The standard InChI is InChI=1S/C10H7N3O4S2/c1-5-7(9(14)15)18-10(12-5)19-8-6(13(16)17)3-2-4-11-8/h2-4H,1H3,(H,14,15). The van der Waals surface area contributed by atoms with Crippen molar-refractivity contribution < 1.29 is 14.8 Å². The highest BCUT2D eigenvalue weighted by molar-refractivity contribution is 8.01. The van der Waals surface area contributed by atoms with Crippen LogP contribution in [0.1, 0.15) is 15.4 Å². The van der Waals surface area contributed by atoms with Gasteiger partial charge in [-0.1, -0.05) is 11.3 Å². The predicted octanol–water partition coefficient (Wildman–Crippen LogP) is 2.60. The highest BCUT2D eigenvalue weighted by atomic mass is 32.2. The van der Waals surface area contributed by atoms with Crippen LogP contribution >= 0.6 is 23.1 Å². The highest BCUT2D eigenvalue weighted by Gasteiger charge is 2.19. The highest BCUT2D eigenvalue weighted by Crippen LogP contribution is 2.36. The number of thiazole rings is 1. The number of hydrogen-bond donors (Lipinski definition) is 1. The lowest BCUT2D eigenvalue weighted by molar-refractivity contribution is -0.388. The molecular weight excluding hydrogens is 290 g/mol. The van der Waals surface area contributed by atoms with Crippen LogP contribution in [0.2, 0.25) is 0 Å². The molecule has 98 valence electrons. The molecular formula is C10H7N3O4S2. The number of carbonyl (C=O) groups is 1. The molecule has 0 saturated heterocycles. The Morgan fingerprint density at radius 3 is 2.89 bits per heavy atom. The number of carboxylic acid groups (broad SMARTS) is 1. The van der Waals surface area contributed by atoms with Gasteiger partial charge in [-0.3, -0.25) is 10.1 Å². The van der Waals surface area contributed by atoms with Gasteiger partial charge in [-0.05, 0) is 24.8 Å². The third-order valence-corrected chi connectivity index (χ3v) is 4.32. The predicted molar refractivity (Wildman–Crippen MR) is 68.8 cm³/mol. The number of nitro groups is 1. The summed E-state index contributed by atoms with van der Waals surface area (Å²) in [6, 6.07) is 2.81. The van der Waals surface area contributed by atoms with E-state index in [1.54, 1.807) is 6.92 Å². The molecule has 2 heterocycles. The number of rotatable bonds is 4. The van der Waals surface area contributed by atoms with Crippen molar-refractivity contribution in [2.45, 2.75) is 16.3 Å². The summed E-state index contributed by atoms with van der Waals surface area (Å²) in [5.41, 5.74) is 0.260. The molecule has 0 unspecified atom stereocenters. The minimum atomic E-state index is -1.06. The maximum Gasteiger partial charge on any atom is 0.347 e. The van der Waals surface area contributed by atoms with Crippen molar-refractivity contribution in [2.75, 3.05) is 0 Å². The van der Waals surface area contributed by atoms with Gasteiger partial charge in [0.25, 0.3) is 0 Å². The Bertz CT molecular complexity index is 656. The third kappa shape index (κ3) is 2.88. The average Bonchev–Trinajstić information content (AvgIpc) is 2.71. The Kier molecular flexibility index (Phi) is 3.76. The van der Waals surface area contributed by atoms with Crippen LogP contribution in [-0.2, 0) is 0 Å². The molecule has 2 rings (SSSR count). The molecule has 2 aromatic rings. The number of hydrogen-bond acceptors (Lipinski definition) is 7. The molecule has 0 spiro atoms. The Balaban J connectivity index is 2.34. The fraction of sp³-hybridized carbons (Fsp3) is 0.100. The number of aryl methyl sites for hydroxylation is 1. The number of aromatic nitrogens is 2. The van der Waals surface area contributed by atoms with Crippen molar-refractivity contribution in [3.63, 3.8) is 0 Å². The van der Waals surface area contributed by atoms with Crippen molar-refractivity contribution in [1.82, 2.24) is 9.97 Å². The van der Waals surface area contributed by atoms with E-state index >= 15 is 0 Å². The zero-order valence-corrected chi connectivity index (χ0v) is 11.2. The van der Waals surface area contributed by atoms with Crippen molar-refractivity contribution in [1.29, 1.82) is 0 Å². The quantitative estimate of drug-likeness (QED) is 0.682. The number of carboxylic acids is 1. The SMILES string of the molecule is Cc1nc(Sc2ncccc2[N+](=O)[O-])sc1C(=O)O. The molecule has 0 aromatic carbocycles. The molecule has 0 saturated carbocycles. The van der Waals surface area contributed by atoms with E-state index in [2.05, 4.69) is 9.97 Å². The van der Waals surface area contributed by atoms with E-state index in [1.165, 1.54) is 18.3 Å². The van der Waals surface area contributed by atoms with E-state index < -0.39 is 10.9 Å². The van der Waals surface area contributed by atoms with Crippen molar-refractivity contribution in [2.24, 2.45) is 0 Å². The van der Waals surface area contributed by atoms with Gasteiger partial charge in [-0.25, -0.2) is 14.8 Å². The van der Waals surface area contributed by atoms with Gasteiger partial charge in [-0.2, -0.15) is 0 Å². The topological polar surface area (TPSA) is 106 Å². The van der Waals surface area contributed by atoms with Gasteiger partial charge in [-0.15, -0.1) is 0 Å². The molecule has 19 heavy (non-hydrogen) atoms. The molecule has 2 aromatic heterocycles. The number of aromatic carboxylic acids is 1. The minimum Gasteiger partial charge on any atom is -0.477 e. The van der Waals surface area contributed by atoms with Gasteiger partial charge in [0, 0.05) is 12.3 Å². The first-order chi connectivity index (χ1) is 8.99. The first kappa shape index (κ1) is 13.4. The molecule has 0 aliphatic rings. The van der Waals surface area contributed by atoms with Crippen LogP contribution in [0.15, 0.2) is 27.7 Å². The van der Waals surface area contributed by atoms with Crippen LogP contribution in [0.4, 0.5) is 5.69 Å². The Hall–Kier alpha value is -2.00. The Labute approximate surface area is 115 Å². The summed E-state index contributed by atoms with van der Waals surface area (Å²) >= 11 is 1.96.